The molecule has 0 aromatic carbocycles. The Labute approximate surface area is 112 Å². The molecule has 1 fully saturated rings. The Morgan fingerprint density at radius 2 is 2.06 bits per heavy atom. The maximum Gasteiger partial charge on any atom is 0.153 e. The van der Waals surface area contributed by atoms with Crippen LogP contribution in [-0.4, -0.2) is 40.3 Å². The minimum Gasteiger partial charge on any atom is -0.389 e. The van der Waals surface area contributed by atoms with Gasteiger partial charge in [0, 0.05) is 19.6 Å². The van der Waals surface area contributed by atoms with Crippen LogP contribution in [0.1, 0.15) is 26.7 Å². The second kappa shape index (κ2) is 5.28. The molecule has 1 saturated heterocycles. The molecule has 0 bridgehead atoms. The lowest BCUT2D eigenvalue weighted by atomic mass is 10.1. The lowest BCUT2D eigenvalue weighted by Gasteiger charge is -2.21. The van der Waals surface area contributed by atoms with Crippen molar-refractivity contribution in [2.24, 2.45) is 0 Å². The molecule has 18 heavy (non-hydrogen) atoms. The number of aliphatic hydroxyl groups is 1. The van der Waals surface area contributed by atoms with Gasteiger partial charge in [-0.25, -0.2) is 9.97 Å². The van der Waals surface area contributed by atoms with Crippen molar-refractivity contribution in [2.75, 3.05) is 29.9 Å². The van der Waals surface area contributed by atoms with Crippen molar-refractivity contribution in [3.05, 3.63) is 11.3 Å². The Kier molecular flexibility index (Phi) is 3.92. The van der Waals surface area contributed by atoms with Crippen LogP contribution in [0.2, 0.25) is 5.02 Å². The summed E-state index contributed by atoms with van der Waals surface area (Å²) in [5, 5.41) is 13.3. The normalized spacial score (nSPS) is 16.1. The summed E-state index contributed by atoms with van der Waals surface area (Å²) < 4.78 is 0. The lowest BCUT2D eigenvalue weighted by molar-refractivity contribution is 0.0944. The van der Waals surface area contributed by atoms with Gasteiger partial charge in [-0.3, -0.25) is 0 Å². The van der Waals surface area contributed by atoms with Crippen molar-refractivity contribution in [1.29, 1.82) is 0 Å². The van der Waals surface area contributed by atoms with E-state index in [4.69, 9.17) is 11.6 Å². The minimum absolute atomic E-state index is 0.392. The zero-order valence-corrected chi connectivity index (χ0v) is 11.5. The molecule has 0 saturated carbocycles. The first kappa shape index (κ1) is 13.4. The van der Waals surface area contributed by atoms with Gasteiger partial charge in [-0.15, -0.1) is 0 Å². The van der Waals surface area contributed by atoms with Crippen LogP contribution in [0, 0.1) is 0 Å². The van der Waals surface area contributed by atoms with E-state index in [0.717, 1.165) is 18.9 Å². The van der Waals surface area contributed by atoms with E-state index in [0.29, 0.717) is 17.4 Å². The zero-order chi connectivity index (χ0) is 13.2. The average molecular weight is 271 g/mol. The quantitative estimate of drug-likeness (QED) is 0.875. The van der Waals surface area contributed by atoms with Crippen LogP contribution in [-0.2, 0) is 0 Å². The number of halogens is 1. The summed E-state index contributed by atoms with van der Waals surface area (Å²) in [6.45, 7) is 5.83. The van der Waals surface area contributed by atoms with Gasteiger partial charge in [-0.2, -0.15) is 0 Å². The first-order valence-corrected chi connectivity index (χ1v) is 6.57. The fourth-order valence-electron chi connectivity index (χ4n) is 1.93. The smallest absolute Gasteiger partial charge is 0.153 e. The number of rotatable bonds is 4. The predicted octanol–water partition coefficient (Wildman–Crippen LogP) is 1.91. The Balaban J connectivity index is 2.14. The van der Waals surface area contributed by atoms with Gasteiger partial charge in [0.1, 0.15) is 11.3 Å². The van der Waals surface area contributed by atoms with Crippen LogP contribution < -0.4 is 10.2 Å². The number of anilines is 2. The Hall–Kier alpha value is -1.07. The molecule has 6 heteroatoms. The summed E-state index contributed by atoms with van der Waals surface area (Å²) in [4.78, 5) is 10.5. The third-order valence-corrected chi connectivity index (χ3v) is 3.21. The maximum absolute atomic E-state index is 9.69. The van der Waals surface area contributed by atoms with Crippen LogP contribution in [0.3, 0.4) is 0 Å². The van der Waals surface area contributed by atoms with Gasteiger partial charge >= 0.3 is 0 Å². The van der Waals surface area contributed by atoms with E-state index in [1.807, 2.05) is 0 Å². The molecule has 2 heterocycles. The van der Waals surface area contributed by atoms with Crippen LogP contribution in [0.4, 0.5) is 11.6 Å². The predicted molar refractivity (Wildman–Crippen MR) is 73.3 cm³/mol. The third-order valence-electron chi connectivity index (χ3n) is 2.87. The second-order valence-corrected chi connectivity index (χ2v) is 5.60. The highest BCUT2D eigenvalue weighted by Crippen LogP contribution is 2.31. The largest absolute Gasteiger partial charge is 0.389 e. The van der Waals surface area contributed by atoms with Crippen LogP contribution in [0.25, 0.3) is 0 Å². The van der Waals surface area contributed by atoms with Crippen molar-refractivity contribution in [1.82, 2.24) is 9.97 Å². The van der Waals surface area contributed by atoms with Gasteiger partial charge < -0.3 is 15.3 Å². The molecule has 2 N–H and O–H groups in total. The van der Waals surface area contributed by atoms with E-state index in [1.165, 1.54) is 19.2 Å². The molecule has 0 unspecified atom stereocenters. The Morgan fingerprint density at radius 3 is 2.67 bits per heavy atom. The van der Waals surface area contributed by atoms with Gasteiger partial charge in [0.05, 0.1) is 5.60 Å². The van der Waals surface area contributed by atoms with Crippen LogP contribution in [0.5, 0.6) is 0 Å². The fourth-order valence-corrected chi connectivity index (χ4v) is 2.22. The van der Waals surface area contributed by atoms with E-state index in [-0.39, 0.29) is 0 Å². The van der Waals surface area contributed by atoms with Gasteiger partial charge in [0.15, 0.2) is 11.6 Å². The summed E-state index contributed by atoms with van der Waals surface area (Å²) in [7, 11) is 0. The molecule has 0 aliphatic carbocycles. The molecular weight excluding hydrogens is 252 g/mol. The molecule has 100 valence electrons. The number of hydrogen-bond acceptors (Lipinski definition) is 5. The number of aromatic nitrogens is 2. The molecule has 1 aromatic rings. The average Bonchev–Trinajstić information content (AvgIpc) is 2.80. The van der Waals surface area contributed by atoms with Gasteiger partial charge in [-0.05, 0) is 26.7 Å². The molecule has 1 aliphatic heterocycles. The molecule has 1 aliphatic rings. The SMILES string of the molecule is CC(C)(O)CNc1ncnc(N2CCCC2)c1Cl. The molecule has 0 amide bonds. The third kappa shape index (κ3) is 3.23. The Morgan fingerprint density at radius 1 is 1.39 bits per heavy atom. The first-order valence-electron chi connectivity index (χ1n) is 6.19. The zero-order valence-electron chi connectivity index (χ0n) is 10.8. The molecule has 2 rings (SSSR count). The van der Waals surface area contributed by atoms with Gasteiger partial charge in [0.25, 0.3) is 0 Å². The molecule has 0 radical (unpaired) electrons. The molecule has 5 nitrogen and oxygen atoms in total. The van der Waals surface area contributed by atoms with E-state index in [9.17, 15) is 5.11 Å². The molecule has 1 aromatic heterocycles. The topological polar surface area (TPSA) is 61.3 Å². The Bertz CT molecular complexity index is 413. The molecule has 0 atom stereocenters. The maximum atomic E-state index is 9.69. The number of nitrogens with one attached hydrogen (secondary N) is 1. The van der Waals surface area contributed by atoms with Crippen molar-refractivity contribution in [3.63, 3.8) is 0 Å². The van der Waals surface area contributed by atoms with Gasteiger partial charge in [0.2, 0.25) is 0 Å². The van der Waals surface area contributed by atoms with Crippen molar-refractivity contribution in [3.8, 4) is 0 Å². The summed E-state index contributed by atoms with van der Waals surface area (Å²) in [6, 6.07) is 0. The van der Waals surface area contributed by atoms with E-state index in [1.54, 1.807) is 13.8 Å². The number of nitrogens with zero attached hydrogens (tertiary/aromatic N) is 3. The highest BCUT2D eigenvalue weighted by atomic mass is 35.5. The summed E-state index contributed by atoms with van der Waals surface area (Å²) in [6.07, 6.45) is 3.85. The molecule has 0 spiro atoms. The highest BCUT2D eigenvalue weighted by molar-refractivity contribution is 6.35. The van der Waals surface area contributed by atoms with E-state index in [2.05, 4.69) is 20.2 Å². The second-order valence-electron chi connectivity index (χ2n) is 5.22. The van der Waals surface area contributed by atoms with Gasteiger partial charge in [-0.1, -0.05) is 11.6 Å². The summed E-state index contributed by atoms with van der Waals surface area (Å²) in [5.74, 6) is 1.36. The minimum atomic E-state index is -0.803. The lowest BCUT2D eigenvalue weighted by Crippen LogP contribution is -2.30. The van der Waals surface area contributed by atoms with E-state index < -0.39 is 5.60 Å². The highest BCUT2D eigenvalue weighted by Gasteiger charge is 2.20. The first-order chi connectivity index (χ1) is 8.47. The van der Waals surface area contributed by atoms with Crippen molar-refractivity contribution < 1.29 is 5.11 Å². The summed E-state index contributed by atoms with van der Waals surface area (Å²) in [5.41, 5.74) is -0.803. The fraction of sp³-hybridized carbons (Fsp3) is 0.667. The number of hydrogen-bond donors (Lipinski definition) is 2. The van der Waals surface area contributed by atoms with Crippen molar-refractivity contribution >= 4 is 23.2 Å². The van der Waals surface area contributed by atoms with Crippen molar-refractivity contribution in [2.45, 2.75) is 32.3 Å². The van der Waals surface area contributed by atoms with Crippen LogP contribution in [0.15, 0.2) is 6.33 Å². The standard InChI is InChI=1S/C12H19ClN4O/c1-12(2,18)7-14-10-9(13)11(16-8-15-10)17-5-3-4-6-17/h8,18H,3-7H2,1-2H3,(H,14,15,16). The van der Waals surface area contributed by atoms with E-state index >= 15 is 0 Å². The molecular formula is C12H19ClN4O. The summed E-state index contributed by atoms with van der Waals surface area (Å²) >= 11 is 6.31. The monoisotopic (exact) mass is 270 g/mol. The van der Waals surface area contributed by atoms with Crippen LogP contribution >= 0.6 is 11.6 Å².